The van der Waals surface area contributed by atoms with E-state index in [-0.39, 0.29) is 5.88 Å². The first-order valence-corrected chi connectivity index (χ1v) is 10.3. The number of aliphatic imine (C=N–C) groups is 1. The van der Waals surface area contributed by atoms with E-state index in [0.29, 0.717) is 17.6 Å². The van der Waals surface area contributed by atoms with E-state index in [2.05, 4.69) is 66.9 Å². The monoisotopic (exact) mass is 392 g/mol. The van der Waals surface area contributed by atoms with Gasteiger partial charge in [0.25, 0.3) is 0 Å². The summed E-state index contributed by atoms with van der Waals surface area (Å²) in [5.74, 6) is 0.143. The molecule has 0 bridgehead atoms. The van der Waals surface area contributed by atoms with Gasteiger partial charge in [0.15, 0.2) is 5.88 Å². The highest BCUT2D eigenvalue weighted by Crippen LogP contribution is 2.27. The summed E-state index contributed by atoms with van der Waals surface area (Å²) in [6.45, 7) is 13.0. The van der Waals surface area contributed by atoms with Crippen LogP contribution in [0.15, 0.2) is 47.5 Å². The van der Waals surface area contributed by atoms with Gasteiger partial charge < -0.3 is 15.4 Å². The maximum absolute atomic E-state index is 10.2. The summed E-state index contributed by atoms with van der Waals surface area (Å²) in [7, 11) is 0. The third kappa shape index (κ3) is 4.98. The zero-order valence-corrected chi connectivity index (χ0v) is 18.0. The van der Waals surface area contributed by atoms with Crippen molar-refractivity contribution in [3.8, 4) is 5.88 Å². The van der Waals surface area contributed by atoms with Crippen LogP contribution in [0, 0.1) is 6.92 Å². The number of para-hydroxylation sites is 1. The van der Waals surface area contributed by atoms with Gasteiger partial charge in [-0.2, -0.15) is 0 Å². The Kier molecular flexibility index (Phi) is 6.60. The molecule has 2 aromatic carbocycles. The van der Waals surface area contributed by atoms with Crippen LogP contribution in [0.5, 0.6) is 5.88 Å². The Labute approximate surface area is 173 Å². The van der Waals surface area contributed by atoms with Crippen molar-refractivity contribution in [3.63, 3.8) is 0 Å². The summed E-state index contributed by atoms with van der Waals surface area (Å²) in [4.78, 5) is 10.0. The molecule has 1 aromatic heterocycles. The van der Waals surface area contributed by atoms with E-state index >= 15 is 0 Å². The van der Waals surface area contributed by atoms with Crippen LogP contribution in [0.4, 0.5) is 11.4 Å². The van der Waals surface area contributed by atoms with Gasteiger partial charge >= 0.3 is 0 Å². The van der Waals surface area contributed by atoms with Gasteiger partial charge in [0.2, 0.25) is 0 Å². The van der Waals surface area contributed by atoms with Crippen molar-refractivity contribution < 1.29 is 5.11 Å². The molecule has 154 valence electrons. The van der Waals surface area contributed by atoms with Crippen molar-refractivity contribution in [2.45, 2.75) is 46.7 Å². The summed E-state index contributed by atoms with van der Waals surface area (Å²) in [6, 6.07) is 15.0. The fourth-order valence-electron chi connectivity index (χ4n) is 3.78. The molecule has 5 nitrogen and oxygen atoms in total. The van der Waals surface area contributed by atoms with Gasteiger partial charge in [-0.25, -0.2) is 0 Å². The number of aromatic amines is 1. The standard InChI is InChI=1S/C24H32N4O/c1-16(2)28(17(3)4)13-12-25-22-11-10-19(14-18(22)5)26-15-21-20-8-6-7-9-23(20)27-24(21)29/h6-11,14-17,25,27,29H,12-13H2,1-5H3. The highest BCUT2D eigenvalue weighted by atomic mass is 16.3. The molecule has 1 heterocycles. The number of nitrogens with one attached hydrogen (secondary N) is 2. The minimum absolute atomic E-state index is 0.143. The molecule has 0 saturated carbocycles. The van der Waals surface area contributed by atoms with Crippen LogP contribution in [-0.4, -0.2) is 46.4 Å². The number of aromatic nitrogens is 1. The van der Waals surface area contributed by atoms with Gasteiger partial charge in [0, 0.05) is 48.0 Å². The van der Waals surface area contributed by atoms with Gasteiger partial charge in [-0.15, -0.1) is 0 Å². The van der Waals surface area contributed by atoms with E-state index < -0.39 is 0 Å². The Bertz CT molecular complexity index is 980. The summed E-state index contributed by atoms with van der Waals surface area (Å²) in [5, 5.41) is 14.7. The highest BCUT2D eigenvalue weighted by Gasteiger charge is 2.12. The van der Waals surface area contributed by atoms with Crippen molar-refractivity contribution in [1.82, 2.24) is 9.88 Å². The second-order valence-corrected chi connectivity index (χ2v) is 8.04. The van der Waals surface area contributed by atoms with Crippen LogP contribution in [-0.2, 0) is 0 Å². The molecule has 0 aliphatic carbocycles. The number of anilines is 1. The second kappa shape index (κ2) is 9.14. The molecule has 5 heteroatoms. The third-order valence-electron chi connectivity index (χ3n) is 5.29. The van der Waals surface area contributed by atoms with Crippen LogP contribution in [0.1, 0.15) is 38.8 Å². The highest BCUT2D eigenvalue weighted by molar-refractivity contribution is 6.02. The van der Waals surface area contributed by atoms with Crippen molar-refractivity contribution in [3.05, 3.63) is 53.6 Å². The quantitative estimate of drug-likeness (QED) is 0.446. The van der Waals surface area contributed by atoms with E-state index in [1.54, 1.807) is 6.21 Å². The Morgan fingerprint density at radius 1 is 1.10 bits per heavy atom. The normalized spacial score (nSPS) is 12.1. The fourth-order valence-corrected chi connectivity index (χ4v) is 3.78. The topological polar surface area (TPSA) is 63.7 Å². The number of nitrogens with zero attached hydrogens (tertiary/aromatic N) is 2. The third-order valence-corrected chi connectivity index (χ3v) is 5.29. The molecule has 0 amide bonds. The zero-order chi connectivity index (χ0) is 21.0. The van der Waals surface area contributed by atoms with Crippen LogP contribution in [0.2, 0.25) is 0 Å². The molecule has 0 spiro atoms. The molecule has 0 saturated heterocycles. The van der Waals surface area contributed by atoms with Crippen LogP contribution in [0.25, 0.3) is 10.9 Å². The van der Waals surface area contributed by atoms with E-state index in [1.807, 2.05) is 30.3 Å². The molecule has 0 aliphatic rings. The lowest BCUT2D eigenvalue weighted by Crippen LogP contribution is -2.40. The smallest absolute Gasteiger partial charge is 0.198 e. The van der Waals surface area contributed by atoms with Gasteiger partial charge in [0.1, 0.15) is 0 Å². The number of fused-ring (bicyclic) bond motifs is 1. The first-order chi connectivity index (χ1) is 13.9. The SMILES string of the molecule is Cc1cc(N=Cc2c(O)[nH]c3ccccc23)ccc1NCCN(C(C)C)C(C)C. The Hall–Kier alpha value is -2.79. The van der Waals surface area contributed by atoms with Gasteiger partial charge in [-0.05, 0) is 64.4 Å². The van der Waals surface area contributed by atoms with Crippen LogP contribution in [0.3, 0.4) is 0 Å². The molecule has 3 N–H and O–H groups in total. The molecule has 0 radical (unpaired) electrons. The number of benzene rings is 2. The second-order valence-electron chi connectivity index (χ2n) is 8.04. The lowest BCUT2D eigenvalue weighted by atomic mass is 10.1. The number of aryl methyl sites for hydroxylation is 1. The zero-order valence-electron chi connectivity index (χ0n) is 18.0. The van der Waals surface area contributed by atoms with Crippen molar-refractivity contribution >= 4 is 28.5 Å². The summed E-state index contributed by atoms with van der Waals surface area (Å²) in [6.07, 6.45) is 1.72. The van der Waals surface area contributed by atoms with Crippen molar-refractivity contribution in [2.24, 2.45) is 4.99 Å². The van der Waals surface area contributed by atoms with Gasteiger partial charge in [0.05, 0.1) is 11.3 Å². The van der Waals surface area contributed by atoms with E-state index in [1.165, 1.54) is 0 Å². The number of hydrogen-bond donors (Lipinski definition) is 3. The van der Waals surface area contributed by atoms with Gasteiger partial charge in [-0.1, -0.05) is 18.2 Å². The molecule has 0 atom stereocenters. The predicted molar refractivity (Wildman–Crippen MR) is 124 cm³/mol. The van der Waals surface area contributed by atoms with E-state index in [4.69, 9.17) is 0 Å². The van der Waals surface area contributed by atoms with Crippen LogP contribution >= 0.6 is 0 Å². The maximum atomic E-state index is 10.2. The number of aromatic hydroxyl groups is 1. The molecular formula is C24H32N4O. The Morgan fingerprint density at radius 3 is 2.52 bits per heavy atom. The maximum Gasteiger partial charge on any atom is 0.198 e. The summed E-state index contributed by atoms with van der Waals surface area (Å²) >= 11 is 0. The number of rotatable bonds is 8. The Morgan fingerprint density at radius 2 is 1.83 bits per heavy atom. The lowest BCUT2D eigenvalue weighted by Gasteiger charge is -2.30. The first kappa shape index (κ1) is 20.9. The van der Waals surface area contributed by atoms with E-state index in [9.17, 15) is 5.11 Å². The lowest BCUT2D eigenvalue weighted by molar-refractivity contribution is 0.182. The van der Waals surface area contributed by atoms with E-state index in [0.717, 1.165) is 40.9 Å². The minimum Gasteiger partial charge on any atom is -0.494 e. The molecule has 29 heavy (non-hydrogen) atoms. The average molecular weight is 393 g/mol. The molecule has 3 rings (SSSR count). The molecule has 0 aliphatic heterocycles. The number of hydrogen-bond acceptors (Lipinski definition) is 4. The van der Waals surface area contributed by atoms with Gasteiger partial charge in [-0.3, -0.25) is 9.89 Å². The van der Waals surface area contributed by atoms with Crippen LogP contribution < -0.4 is 5.32 Å². The van der Waals surface area contributed by atoms with Crippen molar-refractivity contribution in [1.29, 1.82) is 0 Å². The fraction of sp³-hybridized carbons (Fsp3) is 0.375. The van der Waals surface area contributed by atoms with Crippen molar-refractivity contribution in [2.75, 3.05) is 18.4 Å². The average Bonchev–Trinajstić information content (AvgIpc) is 2.99. The largest absolute Gasteiger partial charge is 0.494 e. The molecular weight excluding hydrogens is 360 g/mol. The summed E-state index contributed by atoms with van der Waals surface area (Å²) < 4.78 is 0. The number of H-pyrrole nitrogens is 1. The molecule has 0 fully saturated rings. The molecule has 0 unspecified atom stereocenters. The Balaban J connectivity index is 1.68. The predicted octanol–water partition coefficient (Wildman–Crippen LogP) is 5.46. The molecule has 3 aromatic rings. The first-order valence-electron chi connectivity index (χ1n) is 10.3. The summed E-state index contributed by atoms with van der Waals surface area (Å²) in [5.41, 5.74) is 4.76. The minimum atomic E-state index is 0.143.